The Bertz CT molecular complexity index is 271. The van der Waals surface area contributed by atoms with E-state index < -0.39 is 5.54 Å². The van der Waals surface area contributed by atoms with E-state index in [1.54, 1.807) is 11.8 Å². The van der Waals surface area contributed by atoms with Gasteiger partial charge in [0.1, 0.15) is 5.54 Å². The van der Waals surface area contributed by atoms with Gasteiger partial charge in [-0.3, -0.25) is 10.1 Å². The highest BCUT2D eigenvalue weighted by Crippen LogP contribution is 2.27. The van der Waals surface area contributed by atoms with Gasteiger partial charge in [-0.15, -0.1) is 0 Å². The van der Waals surface area contributed by atoms with Gasteiger partial charge in [0.05, 0.1) is 6.61 Å². The number of carbonyl (C=O) groups is 1. The summed E-state index contributed by atoms with van der Waals surface area (Å²) in [7, 11) is 0. The molecule has 2 unspecified atom stereocenters. The zero-order valence-electron chi connectivity index (χ0n) is 11.6. The molecule has 0 spiro atoms. The molecule has 0 aromatic heterocycles. The number of ether oxygens (including phenoxy) is 1. The molecule has 18 heavy (non-hydrogen) atoms. The number of hydrogen-bond donors (Lipinski definition) is 2. The first-order valence-corrected chi connectivity index (χ1v) is 7.74. The molecule has 1 saturated carbocycles. The van der Waals surface area contributed by atoms with Crippen molar-refractivity contribution in [3.63, 3.8) is 0 Å². The Morgan fingerprint density at radius 3 is 2.78 bits per heavy atom. The highest BCUT2D eigenvalue weighted by atomic mass is 32.2. The molecule has 2 N–H and O–H groups in total. The Balaban J connectivity index is 2.50. The zero-order valence-corrected chi connectivity index (χ0v) is 12.4. The second-order valence-corrected chi connectivity index (χ2v) is 6.53. The van der Waals surface area contributed by atoms with Crippen LogP contribution in [0, 0.1) is 0 Å². The number of hydrogen-bond acceptors (Lipinski definition) is 5. The van der Waals surface area contributed by atoms with Gasteiger partial charge in [0, 0.05) is 23.7 Å². The summed E-state index contributed by atoms with van der Waals surface area (Å²) >= 11 is 1.71. The van der Waals surface area contributed by atoms with E-state index in [9.17, 15) is 4.79 Å². The summed E-state index contributed by atoms with van der Waals surface area (Å²) in [6.07, 6.45) is 3.05. The van der Waals surface area contributed by atoms with Gasteiger partial charge in [-0.1, -0.05) is 6.92 Å². The third-order valence-corrected chi connectivity index (χ3v) is 4.57. The lowest BCUT2D eigenvalue weighted by Crippen LogP contribution is -2.53. The van der Waals surface area contributed by atoms with Crippen molar-refractivity contribution in [2.45, 2.75) is 56.9 Å². The summed E-state index contributed by atoms with van der Waals surface area (Å²) in [5.41, 5.74) is -0.606. The average molecular weight is 275 g/mol. The average Bonchev–Trinajstić information content (AvgIpc) is 3.11. The number of rotatable bonds is 9. The third-order valence-electron chi connectivity index (χ3n) is 3.02. The molecule has 0 aromatic rings. The number of esters is 1. The summed E-state index contributed by atoms with van der Waals surface area (Å²) in [5.74, 6) is 0.518. The van der Waals surface area contributed by atoms with Crippen LogP contribution in [0.25, 0.3) is 0 Å². The van der Waals surface area contributed by atoms with E-state index in [0.29, 0.717) is 23.7 Å². The van der Waals surface area contributed by atoms with Crippen LogP contribution >= 0.6 is 11.8 Å². The van der Waals surface area contributed by atoms with Crippen molar-refractivity contribution in [3.8, 4) is 0 Å². The van der Waals surface area contributed by atoms with Gasteiger partial charge >= 0.3 is 5.97 Å². The molecule has 0 saturated heterocycles. The van der Waals surface area contributed by atoms with Crippen molar-refractivity contribution in [2.75, 3.05) is 19.0 Å². The monoisotopic (exact) mass is 275 g/mol. The normalized spacial score (nSPS) is 20.2. The molecule has 0 bridgehead atoms. The highest BCUT2D eigenvalue weighted by Gasteiger charge is 2.39. The standard InChI is InChI=1S/C13H25NO3S/c1-4-17-12(16)13(3,14-11-5-6-11)9-18-10(2)7-8-15/h10-11,14-15H,4-9H2,1-3H3. The van der Waals surface area contributed by atoms with Gasteiger partial charge in [0.2, 0.25) is 0 Å². The molecule has 4 nitrogen and oxygen atoms in total. The molecule has 0 heterocycles. The van der Waals surface area contributed by atoms with Crippen LogP contribution in [-0.2, 0) is 9.53 Å². The van der Waals surface area contributed by atoms with E-state index in [2.05, 4.69) is 12.2 Å². The first-order chi connectivity index (χ1) is 8.51. The fourth-order valence-corrected chi connectivity index (χ4v) is 2.79. The molecule has 1 aliphatic carbocycles. The maximum absolute atomic E-state index is 12.1. The van der Waals surface area contributed by atoms with Crippen LogP contribution in [0.3, 0.4) is 0 Å². The minimum absolute atomic E-state index is 0.166. The maximum Gasteiger partial charge on any atom is 0.326 e. The Hall–Kier alpha value is -0.260. The Morgan fingerprint density at radius 2 is 2.28 bits per heavy atom. The molecule has 1 aliphatic rings. The Kier molecular flexibility index (Phi) is 6.46. The smallest absolute Gasteiger partial charge is 0.326 e. The number of carbonyl (C=O) groups excluding carboxylic acids is 1. The summed E-state index contributed by atoms with van der Waals surface area (Å²) in [5, 5.41) is 12.6. The van der Waals surface area contributed by atoms with Crippen molar-refractivity contribution in [1.29, 1.82) is 0 Å². The fraction of sp³-hybridized carbons (Fsp3) is 0.923. The lowest BCUT2D eigenvalue weighted by Gasteiger charge is -2.29. The van der Waals surface area contributed by atoms with Gasteiger partial charge < -0.3 is 9.84 Å². The van der Waals surface area contributed by atoms with Crippen molar-refractivity contribution in [2.24, 2.45) is 0 Å². The molecule has 0 aliphatic heterocycles. The van der Waals surface area contributed by atoms with Crippen molar-refractivity contribution in [1.82, 2.24) is 5.32 Å². The van der Waals surface area contributed by atoms with Crippen LogP contribution in [0.4, 0.5) is 0 Å². The van der Waals surface area contributed by atoms with Crippen molar-refractivity contribution in [3.05, 3.63) is 0 Å². The van der Waals surface area contributed by atoms with E-state index in [0.717, 1.165) is 19.3 Å². The van der Waals surface area contributed by atoms with Gasteiger partial charge in [-0.2, -0.15) is 11.8 Å². The number of aliphatic hydroxyl groups excluding tert-OH is 1. The topological polar surface area (TPSA) is 58.6 Å². The van der Waals surface area contributed by atoms with E-state index >= 15 is 0 Å². The lowest BCUT2D eigenvalue weighted by molar-refractivity contribution is -0.149. The lowest BCUT2D eigenvalue weighted by atomic mass is 10.1. The van der Waals surface area contributed by atoms with Crippen LogP contribution in [-0.4, -0.2) is 46.9 Å². The van der Waals surface area contributed by atoms with Crippen LogP contribution < -0.4 is 5.32 Å². The summed E-state index contributed by atoms with van der Waals surface area (Å²) < 4.78 is 5.16. The first kappa shape index (κ1) is 15.8. The summed E-state index contributed by atoms with van der Waals surface area (Å²) in [6, 6.07) is 0.466. The molecule has 2 atom stereocenters. The Labute approximate surface area is 114 Å². The van der Waals surface area contributed by atoms with Gasteiger partial charge in [0.15, 0.2) is 0 Å². The number of nitrogens with one attached hydrogen (secondary N) is 1. The van der Waals surface area contributed by atoms with Crippen molar-refractivity contribution >= 4 is 17.7 Å². The van der Waals surface area contributed by atoms with Crippen LogP contribution in [0.5, 0.6) is 0 Å². The zero-order chi connectivity index (χ0) is 13.6. The molecule has 106 valence electrons. The number of thioether (sulfide) groups is 1. The SMILES string of the molecule is CCOC(=O)C(C)(CSC(C)CCO)NC1CC1. The van der Waals surface area contributed by atoms with Crippen molar-refractivity contribution < 1.29 is 14.6 Å². The second kappa shape index (κ2) is 7.36. The van der Waals surface area contributed by atoms with E-state index in [-0.39, 0.29) is 12.6 Å². The molecular formula is C13H25NO3S. The van der Waals surface area contributed by atoms with Gasteiger partial charge in [-0.05, 0) is 33.1 Å². The molecule has 5 heteroatoms. The second-order valence-electron chi connectivity index (χ2n) is 5.11. The molecule has 1 rings (SSSR count). The van der Waals surface area contributed by atoms with E-state index in [4.69, 9.17) is 9.84 Å². The molecule has 0 aromatic carbocycles. The predicted molar refractivity (Wildman–Crippen MR) is 74.8 cm³/mol. The Morgan fingerprint density at radius 1 is 1.61 bits per heavy atom. The largest absolute Gasteiger partial charge is 0.465 e. The summed E-state index contributed by atoms with van der Waals surface area (Å²) in [4.78, 5) is 12.1. The fourth-order valence-electron chi connectivity index (χ4n) is 1.70. The highest BCUT2D eigenvalue weighted by molar-refractivity contribution is 8.00. The van der Waals surface area contributed by atoms with Gasteiger partial charge in [-0.25, -0.2) is 0 Å². The molecule has 0 amide bonds. The third kappa shape index (κ3) is 5.16. The molecule has 1 fully saturated rings. The van der Waals surface area contributed by atoms with E-state index in [1.165, 1.54) is 0 Å². The molecule has 0 radical (unpaired) electrons. The summed E-state index contributed by atoms with van der Waals surface area (Å²) in [6.45, 7) is 6.43. The van der Waals surface area contributed by atoms with Crippen LogP contribution in [0.1, 0.15) is 40.0 Å². The predicted octanol–water partition coefficient (Wildman–Crippen LogP) is 1.56. The quantitative estimate of drug-likeness (QED) is 0.626. The first-order valence-electron chi connectivity index (χ1n) is 6.69. The van der Waals surface area contributed by atoms with Crippen LogP contribution in [0.2, 0.25) is 0 Å². The maximum atomic E-state index is 12.1. The van der Waals surface area contributed by atoms with Crippen LogP contribution in [0.15, 0.2) is 0 Å². The minimum Gasteiger partial charge on any atom is -0.465 e. The van der Waals surface area contributed by atoms with Gasteiger partial charge in [0.25, 0.3) is 0 Å². The number of aliphatic hydroxyl groups is 1. The minimum atomic E-state index is -0.606. The van der Waals surface area contributed by atoms with E-state index in [1.807, 2.05) is 13.8 Å². The molecular weight excluding hydrogens is 250 g/mol.